The molecule has 1 aliphatic rings. The van der Waals surface area contributed by atoms with Crippen molar-refractivity contribution in [3.63, 3.8) is 0 Å². The van der Waals surface area contributed by atoms with Crippen LogP contribution in [0.3, 0.4) is 0 Å². The molecule has 1 N–H and O–H groups in total. The molecular weight excluding hydrogens is 370 g/mol. The van der Waals surface area contributed by atoms with Gasteiger partial charge >= 0.3 is 0 Å². The first-order valence-electron chi connectivity index (χ1n) is 10.0. The Kier molecular flexibility index (Phi) is 4.40. The Morgan fingerprint density at radius 3 is 2.13 bits per heavy atom. The van der Waals surface area contributed by atoms with Gasteiger partial charge in [-0.1, -0.05) is 84.9 Å². The summed E-state index contributed by atoms with van der Waals surface area (Å²) in [5.74, 6) is 0.276. The minimum atomic E-state index is -0.877. The fourth-order valence-corrected chi connectivity index (χ4v) is 4.47. The number of hydrogen-bond acceptors (Lipinski definition) is 3. The van der Waals surface area contributed by atoms with E-state index in [1.807, 2.05) is 91.0 Å². The summed E-state index contributed by atoms with van der Waals surface area (Å²) in [4.78, 5) is 20.1. The molecule has 0 radical (unpaired) electrons. The standard InChI is InChI=1S/C26H21N3O/c27-23-17-26(21-12-3-1-4-13-21,22-14-5-2-6-15-22)25(30)29(23)18-20-10-7-9-19-11-8-16-28-24(19)20/h1-16,27H,17-18H2. The highest BCUT2D eigenvalue weighted by molar-refractivity contribution is 6.12. The van der Waals surface area contributed by atoms with Gasteiger partial charge in [-0.25, -0.2) is 0 Å². The van der Waals surface area contributed by atoms with Crippen molar-refractivity contribution in [1.29, 1.82) is 5.41 Å². The highest BCUT2D eigenvalue weighted by Crippen LogP contribution is 2.43. The van der Waals surface area contributed by atoms with Crippen LogP contribution in [0.25, 0.3) is 10.9 Å². The average molecular weight is 391 g/mol. The second-order valence-electron chi connectivity index (χ2n) is 7.64. The molecule has 1 fully saturated rings. The van der Waals surface area contributed by atoms with Crippen LogP contribution in [0.4, 0.5) is 0 Å². The van der Waals surface area contributed by atoms with Crippen molar-refractivity contribution in [2.75, 3.05) is 0 Å². The van der Waals surface area contributed by atoms with Crippen molar-refractivity contribution in [3.8, 4) is 0 Å². The zero-order valence-electron chi connectivity index (χ0n) is 16.5. The smallest absolute Gasteiger partial charge is 0.243 e. The predicted octanol–water partition coefficient (Wildman–Crippen LogP) is 4.93. The Morgan fingerprint density at radius 1 is 0.833 bits per heavy atom. The molecule has 4 nitrogen and oxygen atoms in total. The predicted molar refractivity (Wildman–Crippen MR) is 118 cm³/mol. The van der Waals surface area contributed by atoms with Crippen molar-refractivity contribution in [2.24, 2.45) is 0 Å². The van der Waals surface area contributed by atoms with Crippen molar-refractivity contribution in [1.82, 2.24) is 9.88 Å². The number of para-hydroxylation sites is 1. The summed E-state index contributed by atoms with van der Waals surface area (Å²) >= 11 is 0. The Hall–Kier alpha value is -3.79. The fourth-order valence-electron chi connectivity index (χ4n) is 4.47. The molecule has 0 aliphatic carbocycles. The molecule has 3 aromatic carbocycles. The molecular formula is C26H21N3O. The fraction of sp³-hybridized carbons (Fsp3) is 0.115. The number of aromatic nitrogens is 1. The number of rotatable bonds is 4. The molecule has 0 spiro atoms. The highest BCUT2D eigenvalue weighted by Gasteiger charge is 2.52. The molecule has 0 unspecified atom stereocenters. The van der Waals surface area contributed by atoms with Crippen molar-refractivity contribution >= 4 is 22.6 Å². The average Bonchev–Trinajstić information content (AvgIpc) is 3.06. The third-order valence-corrected chi connectivity index (χ3v) is 5.95. The van der Waals surface area contributed by atoms with Crippen LogP contribution in [-0.2, 0) is 16.8 Å². The van der Waals surface area contributed by atoms with Crippen molar-refractivity contribution in [3.05, 3.63) is 114 Å². The van der Waals surface area contributed by atoms with Crippen LogP contribution >= 0.6 is 0 Å². The first-order valence-corrected chi connectivity index (χ1v) is 10.0. The van der Waals surface area contributed by atoms with Gasteiger partial charge in [0, 0.05) is 18.0 Å². The van der Waals surface area contributed by atoms with E-state index in [1.165, 1.54) is 0 Å². The Labute approximate surface area is 175 Å². The molecule has 1 aromatic heterocycles. The molecule has 0 bridgehead atoms. The van der Waals surface area contributed by atoms with Crippen LogP contribution in [0.1, 0.15) is 23.1 Å². The van der Waals surface area contributed by atoms with Gasteiger partial charge in [0.15, 0.2) is 0 Å². The van der Waals surface area contributed by atoms with Crippen LogP contribution in [0.5, 0.6) is 0 Å². The monoisotopic (exact) mass is 391 g/mol. The van der Waals surface area contributed by atoms with E-state index in [1.54, 1.807) is 11.1 Å². The molecule has 146 valence electrons. The number of fused-ring (bicyclic) bond motifs is 1. The zero-order chi connectivity index (χ0) is 20.6. The van der Waals surface area contributed by atoms with E-state index >= 15 is 0 Å². The van der Waals surface area contributed by atoms with Crippen molar-refractivity contribution < 1.29 is 4.79 Å². The zero-order valence-corrected chi connectivity index (χ0v) is 16.5. The maximum atomic E-state index is 13.9. The quantitative estimate of drug-likeness (QED) is 0.536. The largest absolute Gasteiger partial charge is 0.295 e. The van der Waals surface area contributed by atoms with E-state index in [0.29, 0.717) is 18.8 Å². The third kappa shape index (κ3) is 2.80. The second kappa shape index (κ2) is 7.23. The maximum Gasteiger partial charge on any atom is 0.243 e. The summed E-state index contributed by atoms with van der Waals surface area (Å²) in [7, 11) is 0. The number of amidine groups is 1. The number of carbonyl (C=O) groups excluding carboxylic acids is 1. The number of amides is 1. The summed E-state index contributed by atoms with van der Waals surface area (Å²) in [6.07, 6.45) is 2.11. The van der Waals surface area contributed by atoms with E-state index in [0.717, 1.165) is 27.6 Å². The highest BCUT2D eigenvalue weighted by atomic mass is 16.2. The van der Waals surface area contributed by atoms with E-state index in [9.17, 15) is 4.79 Å². The second-order valence-corrected chi connectivity index (χ2v) is 7.64. The molecule has 2 heterocycles. The van der Waals surface area contributed by atoms with E-state index in [4.69, 9.17) is 5.41 Å². The van der Waals surface area contributed by atoms with Crippen molar-refractivity contribution in [2.45, 2.75) is 18.4 Å². The number of carbonyl (C=O) groups is 1. The minimum absolute atomic E-state index is 0.0576. The lowest BCUT2D eigenvalue weighted by Crippen LogP contribution is -2.39. The van der Waals surface area contributed by atoms with Crippen LogP contribution in [0.15, 0.2) is 97.2 Å². The number of likely N-dealkylation sites (tertiary alicyclic amines) is 1. The lowest BCUT2D eigenvalue weighted by molar-refractivity contribution is -0.130. The van der Waals surface area contributed by atoms with Crippen LogP contribution in [0.2, 0.25) is 0 Å². The SMILES string of the molecule is N=C1CC(c2ccccc2)(c2ccccc2)C(=O)N1Cc1cccc2cccnc12. The number of hydrogen-bond donors (Lipinski definition) is 1. The van der Waals surface area contributed by atoms with Gasteiger partial charge in [-0.05, 0) is 22.8 Å². The van der Waals surface area contributed by atoms with Gasteiger partial charge in [0.1, 0.15) is 11.3 Å². The van der Waals surface area contributed by atoms with Gasteiger partial charge in [-0.3, -0.25) is 20.1 Å². The van der Waals surface area contributed by atoms with Gasteiger partial charge < -0.3 is 0 Å². The van der Waals surface area contributed by atoms with Crippen LogP contribution < -0.4 is 0 Å². The Bertz CT molecular complexity index is 1190. The number of nitrogens with one attached hydrogen (secondary N) is 1. The van der Waals surface area contributed by atoms with E-state index in [2.05, 4.69) is 4.98 Å². The summed E-state index contributed by atoms with van der Waals surface area (Å²) in [5.41, 5.74) is 2.78. The molecule has 1 saturated heterocycles. The first kappa shape index (κ1) is 18.3. The molecule has 5 rings (SSSR count). The van der Waals surface area contributed by atoms with Crippen LogP contribution in [0, 0.1) is 5.41 Å². The molecule has 4 aromatic rings. The van der Waals surface area contributed by atoms with Crippen LogP contribution in [-0.4, -0.2) is 21.6 Å². The minimum Gasteiger partial charge on any atom is -0.295 e. The molecule has 30 heavy (non-hydrogen) atoms. The number of nitrogens with zero attached hydrogens (tertiary/aromatic N) is 2. The molecule has 1 amide bonds. The van der Waals surface area contributed by atoms with Gasteiger partial charge in [0.2, 0.25) is 5.91 Å². The summed E-state index contributed by atoms with van der Waals surface area (Å²) in [6.45, 7) is 0.341. The third-order valence-electron chi connectivity index (χ3n) is 5.95. The lowest BCUT2D eigenvalue weighted by Gasteiger charge is -2.28. The molecule has 4 heteroatoms. The lowest BCUT2D eigenvalue weighted by atomic mass is 9.73. The summed E-state index contributed by atoms with van der Waals surface area (Å²) < 4.78 is 0. The molecule has 1 aliphatic heterocycles. The van der Waals surface area contributed by atoms with Gasteiger partial charge in [0.05, 0.1) is 12.1 Å². The van der Waals surface area contributed by atoms with Gasteiger partial charge in [0.25, 0.3) is 0 Å². The normalized spacial score (nSPS) is 15.7. The Morgan fingerprint density at radius 2 is 1.47 bits per heavy atom. The molecule has 0 atom stereocenters. The first-order chi connectivity index (χ1) is 14.7. The van der Waals surface area contributed by atoms with Gasteiger partial charge in [-0.2, -0.15) is 0 Å². The topological polar surface area (TPSA) is 57.1 Å². The van der Waals surface area contributed by atoms with Gasteiger partial charge in [-0.15, -0.1) is 0 Å². The summed E-state index contributed by atoms with van der Waals surface area (Å²) in [5, 5.41) is 9.77. The molecule has 0 saturated carbocycles. The summed E-state index contributed by atoms with van der Waals surface area (Å²) in [6, 6.07) is 29.6. The van der Waals surface area contributed by atoms with E-state index < -0.39 is 5.41 Å². The number of pyridine rings is 1. The number of benzene rings is 3. The maximum absolute atomic E-state index is 13.9. The Balaban J connectivity index is 1.61. The van der Waals surface area contributed by atoms with E-state index in [-0.39, 0.29) is 5.91 Å².